The fraction of sp³-hybridized carbons (Fsp3) is 0. The molecule has 0 atom stereocenters. The van der Waals surface area contributed by atoms with Gasteiger partial charge in [-0.15, -0.1) is 22.7 Å². The molecule has 0 saturated carbocycles. The number of hydrogen-bond donors (Lipinski definition) is 0. The molecule has 326 valence electrons. The second kappa shape index (κ2) is 15.4. The summed E-state index contributed by atoms with van der Waals surface area (Å²) in [6.45, 7) is 0. The highest BCUT2D eigenvalue weighted by Crippen LogP contribution is 2.45. The van der Waals surface area contributed by atoms with E-state index in [4.69, 9.17) is 19.4 Å². The van der Waals surface area contributed by atoms with Gasteiger partial charge in [0.2, 0.25) is 0 Å². The summed E-state index contributed by atoms with van der Waals surface area (Å²) in [6, 6.07) is 77.9. The predicted molar refractivity (Wildman–Crippen MR) is 294 cm³/mol. The van der Waals surface area contributed by atoms with Gasteiger partial charge in [-0.25, -0.2) is 15.0 Å². The molecule has 0 spiro atoms. The molecule has 10 aromatic carbocycles. The van der Waals surface area contributed by atoms with E-state index in [0.717, 1.165) is 60.9 Å². The van der Waals surface area contributed by atoms with Crippen molar-refractivity contribution in [3.8, 4) is 62.1 Å². The van der Waals surface area contributed by atoms with Gasteiger partial charge in [-0.2, -0.15) is 0 Å². The second-order valence-corrected chi connectivity index (χ2v) is 20.1. The van der Waals surface area contributed by atoms with Crippen molar-refractivity contribution in [2.24, 2.45) is 0 Å². The molecule has 0 unspecified atom stereocenters. The van der Waals surface area contributed by atoms with Crippen molar-refractivity contribution in [1.82, 2.24) is 19.5 Å². The van der Waals surface area contributed by atoms with E-state index in [-0.39, 0.29) is 0 Å². The molecule has 5 nitrogen and oxygen atoms in total. The van der Waals surface area contributed by atoms with E-state index in [0.29, 0.717) is 17.5 Å². The van der Waals surface area contributed by atoms with E-state index >= 15 is 0 Å². The monoisotopic (exact) mass is 928 g/mol. The molecule has 0 aliphatic heterocycles. The minimum absolute atomic E-state index is 0.582. The third-order valence-corrected chi connectivity index (χ3v) is 16.1. The lowest BCUT2D eigenvalue weighted by Gasteiger charge is -2.12. The first kappa shape index (κ1) is 39.3. The molecule has 15 aromatic rings. The van der Waals surface area contributed by atoms with Crippen LogP contribution in [0.5, 0.6) is 0 Å². The van der Waals surface area contributed by atoms with Crippen LogP contribution in [-0.2, 0) is 0 Å². The first-order valence-corrected chi connectivity index (χ1v) is 25.0. The summed E-state index contributed by atoms with van der Waals surface area (Å²) in [5.74, 6) is 1.78. The van der Waals surface area contributed by atoms with Gasteiger partial charge < -0.3 is 8.98 Å². The van der Waals surface area contributed by atoms with Crippen molar-refractivity contribution in [3.63, 3.8) is 0 Å². The maximum absolute atomic E-state index is 6.63. The van der Waals surface area contributed by atoms with Gasteiger partial charge in [0.25, 0.3) is 0 Å². The Hall–Kier alpha value is -8.75. The zero-order valence-electron chi connectivity index (χ0n) is 37.3. The molecule has 0 aliphatic carbocycles. The smallest absolute Gasteiger partial charge is 0.164 e. The molecule has 15 rings (SSSR count). The molecule has 0 N–H and O–H groups in total. The van der Waals surface area contributed by atoms with E-state index in [2.05, 4.69) is 193 Å². The zero-order valence-corrected chi connectivity index (χ0v) is 38.9. The van der Waals surface area contributed by atoms with Crippen molar-refractivity contribution < 1.29 is 4.42 Å². The summed E-state index contributed by atoms with van der Waals surface area (Å²) in [6.07, 6.45) is 0. The summed E-state index contributed by atoms with van der Waals surface area (Å²) < 4.78 is 14.1. The molecule has 0 radical (unpaired) electrons. The van der Waals surface area contributed by atoms with Gasteiger partial charge in [0, 0.05) is 84.3 Å². The van der Waals surface area contributed by atoms with Crippen molar-refractivity contribution >= 4 is 107 Å². The number of aromatic nitrogens is 4. The van der Waals surface area contributed by atoms with Crippen LogP contribution < -0.4 is 0 Å². The van der Waals surface area contributed by atoms with Gasteiger partial charge in [0.05, 0.1) is 11.0 Å². The maximum atomic E-state index is 6.63. The quantitative estimate of drug-likeness (QED) is 0.167. The van der Waals surface area contributed by atoms with E-state index in [1.165, 1.54) is 67.8 Å². The molecule has 5 aromatic heterocycles. The summed E-state index contributed by atoms with van der Waals surface area (Å²) in [5, 5.41) is 9.57. The number of para-hydroxylation sites is 2. The molecule has 7 heteroatoms. The summed E-state index contributed by atoms with van der Waals surface area (Å²) >= 11 is 3.72. The lowest BCUT2D eigenvalue weighted by Crippen LogP contribution is -2.01. The molecule has 0 aliphatic rings. The number of rotatable bonds is 6. The van der Waals surface area contributed by atoms with Crippen LogP contribution in [0.4, 0.5) is 0 Å². The van der Waals surface area contributed by atoms with Crippen LogP contribution in [-0.4, -0.2) is 19.5 Å². The van der Waals surface area contributed by atoms with Crippen molar-refractivity contribution in [1.29, 1.82) is 0 Å². The maximum Gasteiger partial charge on any atom is 0.164 e. The zero-order chi connectivity index (χ0) is 45.9. The molecular formula is C63H36N4OS2. The number of hydrogen-bond acceptors (Lipinski definition) is 6. The van der Waals surface area contributed by atoms with Crippen LogP contribution in [0.15, 0.2) is 223 Å². The number of fused-ring (bicyclic) bond motifs is 12. The third kappa shape index (κ3) is 6.12. The first-order valence-electron chi connectivity index (χ1n) is 23.4. The molecule has 0 bridgehead atoms. The fourth-order valence-corrected chi connectivity index (χ4v) is 13.0. The largest absolute Gasteiger partial charge is 0.456 e. The van der Waals surface area contributed by atoms with Gasteiger partial charge >= 0.3 is 0 Å². The van der Waals surface area contributed by atoms with Gasteiger partial charge in [0.15, 0.2) is 17.5 Å². The van der Waals surface area contributed by atoms with E-state index in [1.807, 2.05) is 53.0 Å². The normalized spacial score (nSPS) is 12.0. The Morgan fingerprint density at radius 2 is 0.900 bits per heavy atom. The molecule has 70 heavy (non-hydrogen) atoms. The average Bonchev–Trinajstić information content (AvgIpc) is 4.19. The highest BCUT2D eigenvalue weighted by atomic mass is 32.1. The molecular weight excluding hydrogens is 893 g/mol. The SMILES string of the molecule is c1ccc(-c2nc(-c3cccc(-n4c5ccccc5c5ccccc54)c3)nc(-c3cccc4oc5ccc(-c6cccc7sc8cc(-c9ccc%10c(c9)sc9ccccc9%10)ccc8c67)cc5c34)n2)cc1. The van der Waals surface area contributed by atoms with Gasteiger partial charge in [0.1, 0.15) is 11.2 Å². The van der Waals surface area contributed by atoms with E-state index < -0.39 is 0 Å². The van der Waals surface area contributed by atoms with Gasteiger partial charge in [-0.05, 0) is 89.0 Å². The molecule has 0 amide bonds. The lowest BCUT2D eigenvalue weighted by molar-refractivity contribution is 0.669. The van der Waals surface area contributed by atoms with Crippen LogP contribution in [0.25, 0.3) is 146 Å². The fourth-order valence-electron chi connectivity index (χ4n) is 10.7. The molecule has 5 heterocycles. The predicted octanol–water partition coefficient (Wildman–Crippen LogP) is 17.9. The Morgan fingerprint density at radius 3 is 1.71 bits per heavy atom. The van der Waals surface area contributed by atoms with Crippen LogP contribution in [0.2, 0.25) is 0 Å². The Bertz CT molecular complexity index is 4560. The number of furan rings is 1. The third-order valence-electron chi connectivity index (χ3n) is 13.9. The van der Waals surface area contributed by atoms with E-state index in [1.54, 1.807) is 0 Å². The minimum Gasteiger partial charge on any atom is -0.456 e. The number of thiophene rings is 2. The average molecular weight is 929 g/mol. The van der Waals surface area contributed by atoms with E-state index in [9.17, 15) is 0 Å². The van der Waals surface area contributed by atoms with Crippen LogP contribution in [0.3, 0.4) is 0 Å². The first-order chi connectivity index (χ1) is 34.7. The van der Waals surface area contributed by atoms with Crippen LogP contribution >= 0.6 is 22.7 Å². The topological polar surface area (TPSA) is 56.7 Å². The summed E-state index contributed by atoms with van der Waals surface area (Å²) in [5.41, 5.74) is 12.4. The van der Waals surface area contributed by atoms with Gasteiger partial charge in [-0.1, -0.05) is 152 Å². The highest BCUT2D eigenvalue weighted by Gasteiger charge is 2.21. The summed E-state index contributed by atoms with van der Waals surface area (Å²) in [7, 11) is 0. The Balaban J connectivity index is 0.864. The molecule has 0 saturated heterocycles. The van der Waals surface area contributed by atoms with Gasteiger partial charge in [-0.3, -0.25) is 0 Å². The Kier molecular flexibility index (Phi) is 8.63. The van der Waals surface area contributed by atoms with Crippen molar-refractivity contribution in [2.75, 3.05) is 0 Å². The molecule has 0 fully saturated rings. The second-order valence-electron chi connectivity index (χ2n) is 17.9. The number of benzene rings is 10. The Labute approximate surface area is 408 Å². The Morgan fingerprint density at radius 1 is 0.314 bits per heavy atom. The van der Waals surface area contributed by atoms with Crippen LogP contribution in [0, 0.1) is 0 Å². The lowest BCUT2D eigenvalue weighted by atomic mass is 9.96. The highest BCUT2D eigenvalue weighted by molar-refractivity contribution is 7.26. The number of nitrogens with zero attached hydrogens (tertiary/aromatic N) is 4. The van der Waals surface area contributed by atoms with Crippen molar-refractivity contribution in [3.05, 3.63) is 218 Å². The van der Waals surface area contributed by atoms with Crippen LogP contribution in [0.1, 0.15) is 0 Å². The summed E-state index contributed by atoms with van der Waals surface area (Å²) in [4.78, 5) is 15.7. The standard InChI is InChI=1S/C63H36N4OS2/c1-2-13-37(14-3-1)61-64-62(41-15-10-16-42(33-41)67-51-22-7-4-17-44(51)45-18-5-8-23-52(45)67)66-63(65-61)49-21-11-24-54-59(49)50-34-40(29-32-53(50)68-54)43-20-12-26-56-60(43)48-31-28-39(36-58(48)70-56)38-27-30-47-46-19-6-9-25-55(46)69-57(47)35-38/h1-36H. The minimum atomic E-state index is 0.582. The van der Waals surface area contributed by atoms with Crippen molar-refractivity contribution in [2.45, 2.75) is 0 Å².